The summed E-state index contributed by atoms with van der Waals surface area (Å²) in [5.74, 6) is -0.332. The molecule has 0 spiro atoms. The summed E-state index contributed by atoms with van der Waals surface area (Å²) in [7, 11) is 0. The molecule has 2 aliphatic heterocycles. The number of carbonyl (C=O) groups is 1. The zero-order valence-electron chi connectivity index (χ0n) is 11.0. The van der Waals surface area contributed by atoms with Gasteiger partial charge < -0.3 is 30.9 Å². The van der Waals surface area contributed by atoms with Crippen LogP contribution in [-0.4, -0.2) is 78.2 Å². The Bertz CT molecular complexity index is 307. The number of amides is 1. The molecule has 2 heterocycles. The van der Waals surface area contributed by atoms with E-state index in [0.717, 1.165) is 32.5 Å². The summed E-state index contributed by atoms with van der Waals surface area (Å²) in [4.78, 5) is 14.2. The highest BCUT2D eigenvalue weighted by Gasteiger charge is 2.40. The fourth-order valence-electron chi connectivity index (χ4n) is 2.60. The van der Waals surface area contributed by atoms with Gasteiger partial charge in [0, 0.05) is 32.2 Å². The van der Waals surface area contributed by atoms with Gasteiger partial charge in [-0.25, -0.2) is 0 Å². The van der Waals surface area contributed by atoms with E-state index in [1.807, 2.05) is 0 Å². The second-order valence-corrected chi connectivity index (χ2v) is 5.23. The fraction of sp³-hybridized carbons (Fsp3) is 0.917. The van der Waals surface area contributed by atoms with E-state index in [-0.39, 0.29) is 18.6 Å². The Morgan fingerprint density at radius 1 is 1.37 bits per heavy atom. The van der Waals surface area contributed by atoms with Gasteiger partial charge >= 0.3 is 0 Å². The molecule has 7 nitrogen and oxygen atoms in total. The lowest BCUT2D eigenvalue weighted by Crippen LogP contribution is -2.50. The predicted octanol–water partition coefficient (Wildman–Crippen LogP) is -2.35. The van der Waals surface area contributed by atoms with E-state index in [1.165, 1.54) is 0 Å². The topological polar surface area (TPSA) is 108 Å². The Labute approximate surface area is 112 Å². The Morgan fingerprint density at radius 2 is 2.05 bits per heavy atom. The molecule has 0 aliphatic carbocycles. The number of aliphatic hydroxyl groups is 2. The molecular weight excluding hydrogens is 250 g/mol. The van der Waals surface area contributed by atoms with Crippen LogP contribution in [0.3, 0.4) is 0 Å². The molecule has 19 heavy (non-hydrogen) atoms. The van der Waals surface area contributed by atoms with E-state index in [0.29, 0.717) is 6.54 Å². The lowest BCUT2D eigenvalue weighted by molar-refractivity contribution is -0.135. The van der Waals surface area contributed by atoms with Crippen molar-refractivity contribution in [2.45, 2.75) is 37.2 Å². The molecule has 2 rings (SSSR count). The molecule has 0 bridgehead atoms. The smallest absolute Gasteiger partial charge is 0.252 e. The summed E-state index contributed by atoms with van der Waals surface area (Å²) in [5.41, 5.74) is 5.51. The van der Waals surface area contributed by atoms with Gasteiger partial charge in [-0.15, -0.1) is 0 Å². The largest absolute Gasteiger partial charge is 0.388 e. The summed E-state index contributed by atoms with van der Waals surface area (Å²) < 4.78 is 5.10. The van der Waals surface area contributed by atoms with Crippen molar-refractivity contribution in [2.75, 3.05) is 32.8 Å². The maximum atomic E-state index is 11.9. The summed E-state index contributed by atoms with van der Waals surface area (Å²) in [6, 6.07) is 0.107. The second kappa shape index (κ2) is 6.62. The van der Waals surface area contributed by atoms with Crippen molar-refractivity contribution in [3.8, 4) is 0 Å². The number of aliphatic hydroxyl groups excluding tert-OH is 2. The third kappa shape index (κ3) is 3.64. The molecule has 0 saturated carbocycles. The SMILES string of the molecule is NCCN1CCC(NC(=O)C2OCC(O)C2O)CC1. The van der Waals surface area contributed by atoms with Crippen LogP contribution in [0.15, 0.2) is 0 Å². The van der Waals surface area contributed by atoms with E-state index in [4.69, 9.17) is 10.5 Å². The number of nitrogens with one attached hydrogen (secondary N) is 1. The molecule has 3 atom stereocenters. The second-order valence-electron chi connectivity index (χ2n) is 5.23. The van der Waals surface area contributed by atoms with Gasteiger partial charge in [0.05, 0.1) is 6.61 Å². The first kappa shape index (κ1) is 14.7. The van der Waals surface area contributed by atoms with E-state index in [9.17, 15) is 15.0 Å². The van der Waals surface area contributed by atoms with Crippen LogP contribution in [-0.2, 0) is 9.53 Å². The maximum absolute atomic E-state index is 11.9. The third-order valence-electron chi connectivity index (χ3n) is 3.79. The first-order valence-corrected chi connectivity index (χ1v) is 6.82. The monoisotopic (exact) mass is 273 g/mol. The fourth-order valence-corrected chi connectivity index (χ4v) is 2.60. The van der Waals surface area contributed by atoms with Crippen LogP contribution in [0, 0.1) is 0 Å². The van der Waals surface area contributed by atoms with Crippen LogP contribution in [0.5, 0.6) is 0 Å². The lowest BCUT2D eigenvalue weighted by atomic mass is 10.0. The predicted molar refractivity (Wildman–Crippen MR) is 68.4 cm³/mol. The molecule has 2 fully saturated rings. The lowest BCUT2D eigenvalue weighted by Gasteiger charge is -2.32. The minimum Gasteiger partial charge on any atom is -0.388 e. The third-order valence-corrected chi connectivity index (χ3v) is 3.79. The standard InChI is InChI=1S/C12H23N3O4/c13-3-6-15-4-1-8(2-5-15)14-12(18)11-10(17)9(16)7-19-11/h8-11,16-17H,1-7,13H2,(H,14,18). The van der Waals surface area contributed by atoms with Crippen molar-refractivity contribution in [2.24, 2.45) is 5.73 Å². The van der Waals surface area contributed by atoms with Gasteiger partial charge in [-0.05, 0) is 12.8 Å². The number of nitrogens with zero attached hydrogens (tertiary/aromatic N) is 1. The van der Waals surface area contributed by atoms with E-state index in [2.05, 4.69) is 10.2 Å². The highest BCUT2D eigenvalue weighted by atomic mass is 16.5. The summed E-state index contributed by atoms with van der Waals surface area (Å²) >= 11 is 0. The summed E-state index contributed by atoms with van der Waals surface area (Å²) in [5, 5.41) is 21.8. The van der Waals surface area contributed by atoms with Crippen molar-refractivity contribution in [1.82, 2.24) is 10.2 Å². The number of ether oxygens (including phenoxy) is 1. The molecule has 3 unspecified atom stereocenters. The summed E-state index contributed by atoms with van der Waals surface area (Å²) in [6.45, 7) is 3.38. The molecule has 7 heteroatoms. The van der Waals surface area contributed by atoms with Crippen LogP contribution in [0.1, 0.15) is 12.8 Å². The molecule has 5 N–H and O–H groups in total. The van der Waals surface area contributed by atoms with Gasteiger partial charge in [0.25, 0.3) is 5.91 Å². The van der Waals surface area contributed by atoms with Crippen LogP contribution in [0.2, 0.25) is 0 Å². The van der Waals surface area contributed by atoms with Gasteiger partial charge in [0.1, 0.15) is 12.2 Å². The number of rotatable bonds is 4. The summed E-state index contributed by atoms with van der Waals surface area (Å²) in [6.07, 6.45) is -1.30. The minimum absolute atomic E-state index is 0.00813. The number of nitrogens with two attached hydrogens (primary N) is 1. The van der Waals surface area contributed by atoms with Gasteiger partial charge in [0.2, 0.25) is 0 Å². The zero-order valence-corrected chi connectivity index (χ0v) is 11.0. The van der Waals surface area contributed by atoms with Crippen molar-refractivity contribution in [1.29, 1.82) is 0 Å². The number of hydrogen-bond acceptors (Lipinski definition) is 6. The zero-order chi connectivity index (χ0) is 13.8. The number of carbonyl (C=O) groups excluding carboxylic acids is 1. The Hall–Kier alpha value is -0.730. The molecule has 2 saturated heterocycles. The average Bonchev–Trinajstić information content (AvgIpc) is 2.73. The Morgan fingerprint density at radius 3 is 2.58 bits per heavy atom. The highest BCUT2D eigenvalue weighted by molar-refractivity contribution is 5.82. The van der Waals surface area contributed by atoms with Crippen molar-refractivity contribution in [3.63, 3.8) is 0 Å². The first-order valence-electron chi connectivity index (χ1n) is 6.82. The average molecular weight is 273 g/mol. The number of piperidine rings is 1. The van der Waals surface area contributed by atoms with E-state index in [1.54, 1.807) is 0 Å². The molecule has 0 aromatic rings. The van der Waals surface area contributed by atoms with Crippen LogP contribution in [0.25, 0.3) is 0 Å². The van der Waals surface area contributed by atoms with Crippen LogP contribution in [0.4, 0.5) is 0 Å². The molecule has 0 aromatic carbocycles. The van der Waals surface area contributed by atoms with E-state index < -0.39 is 18.3 Å². The molecule has 2 aliphatic rings. The van der Waals surface area contributed by atoms with Gasteiger partial charge in [-0.1, -0.05) is 0 Å². The molecule has 1 amide bonds. The van der Waals surface area contributed by atoms with E-state index >= 15 is 0 Å². The quantitative estimate of drug-likeness (QED) is 0.457. The maximum Gasteiger partial charge on any atom is 0.252 e. The molecule has 0 radical (unpaired) electrons. The van der Waals surface area contributed by atoms with Gasteiger partial charge in [-0.3, -0.25) is 4.79 Å². The van der Waals surface area contributed by atoms with Crippen LogP contribution < -0.4 is 11.1 Å². The minimum atomic E-state index is -1.13. The Balaban J connectivity index is 1.75. The highest BCUT2D eigenvalue weighted by Crippen LogP contribution is 2.16. The van der Waals surface area contributed by atoms with Crippen molar-refractivity contribution < 1.29 is 19.7 Å². The normalized spacial score (nSPS) is 33.5. The number of hydrogen-bond donors (Lipinski definition) is 4. The first-order chi connectivity index (χ1) is 9.11. The van der Waals surface area contributed by atoms with Crippen molar-refractivity contribution >= 4 is 5.91 Å². The Kier molecular flexibility index (Phi) is 5.12. The molecule has 110 valence electrons. The van der Waals surface area contributed by atoms with Gasteiger partial charge in [-0.2, -0.15) is 0 Å². The number of likely N-dealkylation sites (tertiary alicyclic amines) is 1. The molecule has 0 aromatic heterocycles. The van der Waals surface area contributed by atoms with Crippen molar-refractivity contribution in [3.05, 3.63) is 0 Å². The van der Waals surface area contributed by atoms with Crippen LogP contribution >= 0.6 is 0 Å². The van der Waals surface area contributed by atoms with Gasteiger partial charge in [0.15, 0.2) is 6.10 Å². The molecular formula is C12H23N3O4.